The molecule has 0 amide bonds. The Labute approximate surface area is 158 Å². The lowest BCUT2D eigenvalue weighted by Crippen LogP contribution is -2.18. The monoisotopic (exact) mass is 384 g/mol. The number of benzene rings is 2. The lowest BCUT2D eigenvalue weighted by molar-refractivity contribution is 0.340. The average Bonchev–Trinajstić information content (AvgIpc) is 3.10. The van der Waals surface area contributed by atoms with E-state index in [0.29, 0.717) is 24.5 Å². The van der Waals surface area contributed by atoms with Crippen LogP contribution in [0.4, 0.5) is 0 Å². The lowest BCUT2D eigenvalue weighted by atomic mass is 10.2. The number of rotatable bonds is 8. The molecule has 0 atom stereocenters. The molecule has 0 unspecified atom stereocenters. The van der Waals surface area contributed by atoms with Crippen molar-refractivity contribution in [3.63, 3.8) is 0 Å². The van der Waals surface area contributed by atoms with Gasteiger partial charge in [0.05, 0.1) is 30.5 Å². The molecule has 8 heteroatoms. The van der Waals surface area contributed by atoms with Crippen molar-refractivity contribution in [3.05, 3.63) is 78.1 Å². The minimum Gasteiger partial charge on any atom is -0.494 e. The summed E-state index contributed by atoms with van der Waals surface area (Å²) in [5.74, 6) is 0.616. The number of ether oxygens (including phenoxy) is 1. The highest BCUT2D eigenvalue weighted by molar-refractivity contribution is 7.89. The minimum atomic E-state index is -3.73. The second kappa shape index (κ2) is 8.50. The van der Waals surface area contributed by atoms with Gasteiger partial charge in [0, 0.05) is 11.8 Å². The first kappa shape index (κ1) is 18.7. The van der Waals surface area contributed by atoms with Crippen LogP contribution in [0.5, 0.6) is 5.75 Å². The number of sulfonamides is 1. The first-order valence-corrected chi connectivity index (χ1v) is 9.89. The van der Waals surface area contributed by atoms with Gasteiger partial charge in [-0.25, -0.2) is 4.83 Å². The van der Waals surface area contributed by atoms with Crippen LogP contribution in [-0.2, 0) is 16.6 Å². The average molecular weight is 384 g/mol. The van der Waals surface area contributed by atoms with Crippen LogP contribution in [0, 0.1) is 0 Å². The molecule has 0 fully saturated rings. The van der Waals surface area contributed by atoms with Crippen molar-refractivity contribution in [1.29, 1.82) is 0 Å². The second-order valence-corrected chi connectivity index (χ2v) is 7.38. The smallest absolute Gasteiger partial charge is 0.276 e. The maximum atomic E-state index is 12.3. The molecule has 0 saturated carbocycles. The summed E-state index contributed by atoms with van der Waals surface area (Å²) in [7, 11) is -3.73. The molecule has 0 bridgehead atoms. The molecule has 7 nitrogen and oxygen atoms in total. The summed E-state index contributed by atoms with van der Waals surface area (Å²) in [4.78, 5) is 2.31. The Balaban J connectivity index is 1.61. The van der Waals surface area contributed by atoms with Gasteiger partial charge in [-0.15, -0.1) is 0 Å². The summed E-state index contributed by atoms with van der Waals surface area (Å²) in [6.45, 7) is 3.02. The van der Waals surface area contributed by atoms with E-state index in [9.17, 15) is 8.42 Å². The Morgan fingerprint density at radius 1 is 1.15 bits per heavy atom. The quantitative estimate of drug-likeness (QED) is 0.478. The van der Waals surface area contributed by atoms with E-state index in [1.54, 1.807) is 29.2 Å². The molecule has 0 aliphatic rings. The van der Waals surface area contributed by atoms with Crippen molar-refractivity contribution < 1.29 is 13.2 Å². The van der Waals surface area contributed by atoms with Gasteiger partial charge in [0.1, 0.15) is 5.75 Å². The van der Waals surface area contributed by atoms with Gasteiger partial charge < -0.3 is 4.74 Å². The summed E-state index contributed by atoms with van der Waals surface area (Å²) in [5.41, 5.74) is 1.82. The number of hydrazone groups is 1. The van der Waals surface area contributed by atoms with Crippen LogP contribution in [0.1, 0.15) is 18.1 Å². The molecule has 0 radical (unpaired) electrons. The molecular weight excluding hydrogens is 364 g/mol. The van der Waals surface area contributed by atoms with Gasteiger partial charge in [-0.2, -0.15) is 18.6 Å². The summed E-state index contributed by atoms with van der Waals surface area (Å²) < 4.78 is 31.6. The minimum absolute atomic E-state index is 0.114. The fourth-order valence-electron chi connectivity index (χ4n) is 2.41. The van der Waals surface area contributed by atoms with E-state index in [2.05, 4.69) is 15.0 Å². The van der Waals surface area contributed by atoms with Crippen LogP contribution in [0.3, 0.4) is 0 Å². The van der Waals surface area contributed by atoms with Gasteiger partial charge >= 0.3 is 0 Å². The highest BCUT2D eigenvalue weighted by atomic mass is 32.2. The molecule has 0 spiro atoms. The van der Waals surface area contributed by atoms with Crippen molar-refractivity contribution in [3.8, 4) is 5.75 Å². The fourth-order valence-corrected chi connectivity index (χ4v) is 3.20. The van der Waals surface area contributed by atoms with Gasteiger partial charge in [-0.1, -0.05) is 30.3 Å². The predicted octanol–water partition coefficient (Wildman–Crippen LogP) is 2.64. The Hall–Kier alpha value is -3.13. The molecule has 1 N–H and O–H groups in total. The third-order valence-corrected chi connectivity index (χ3v) is 4.91. The van der Waals surface area contributed by atoms with E-state index < -0.39 is 10.0 Å². The van der Waals surface area contributed by atoms with Gasteiger partial charge in [-0.3, -0.25) is 4.68 Å². The zero-order valence-electron chi connectivity index (χ0n) is 14.8. The van der Waals surface area contributed by atoms with E-state index in [0.717, 1.165) is 5.56 Å². The topological polar surface area (TPSA) is 85.6 Å². The SMILES string of the molecule is CCOc1ccc(S(=O)(=O)N/N=C\c2cnn(Cc3ccccc3)c2)cc1. The largest absolute Gasteiger partial charge is 0.494 e. The zero-order valence-corrected chi connectivity index (χ0v) is 15.6. The predicted molar refractivity (Wildman–Crippen MR) is 103 cm³/mol. The molecule has 27 heavy (non-hydrogen) atoms. The van der Waals surface area contributed by atoms with Crippen molar-refractivity contribution in [2.24, 2.45) is 5.10 Å². The third kappa shape index (κ3) is 5.18. The first-order chi connectivity index (χ1) is 13.1. The van der Waals surface area contributed by atoms with Crippen LogP contribution < -0.4 is 9.57 Å². The summed E-state index contributed by atoms with van der Waals surface area (Å²) >= 11 is 0. The van der Waals surface area contributed by atoms with Crippen LogP contribution in [0.15, 0.2) is 77.0 Å². The molecule has 3 rings (SSSR count). The molecule has 1 aromatic heterocycles. The molecule has 140 valence electrons. The summed E-state index contributed by atoms with van der Waals surface area (Å²) in [6.07, 6.45) is 4.83. The first-order valence-electron chi connectivity index (χ1n) is 8.41. The van der Waals surface area contributed by atoms with Crippen molar-refractivity contribution in [2.45, 2.75) is 18.4 Å². The molecule has 0 aliphatic carbocycles. The number of hydrogen-bond acceptors (Lipinski definition) is 5. The van der Waals surface area contributed by atoms with E-state index in [1.165, 1.54) is 18.3 Å². The number of nitrogens with one attached hydrogen (secondary N) is 1. The standard InChI is InChI=1S/C19H20N4O3S/c1-2-26-18-8-10-19(11-9-18)27(24,25)22-20-12-17-13-21-23(15-17)14-16-6-4-3-5-7-16/h3-13,15,22H,2,14H2,1H3/b20-12-. The van der Waals surface area contributed by atoms with E-state index in [4.69, 9.17) is 4.74 Å². The summed E-state index contributed by atoms with van der Waals surface area (Å²) in [5, 5.41) is 8.07. The van der Waals surface area contributed by atoms with Crippen LogP contribution in [-0.4, -0.2) is 31.0 Å². The Morgan fingerprint density at radius 2 is 1.89 bits per heavy atom. The fraction of sp³-hybridized carbons (Fsp3) is 0.158. The summed E-state index contributed by atoms with van der Waals surface area (Å²) in [6, 6.07) is 16.1. The van der Waals surface area contributed by atoms with Gasteiger partial charge in [0.2, 0.25) is 0 Å². The van der Waals surface area contributed by atoms with Crippen LogP contribution >= 0.6 is 0 Å². The number of aromatic nitrogens is 2. The van der Waals surface area contributed by atoms with E-state index >= 15 is 0 Å². The van der Waals surface area contributed by atoms with Gasteiger partial charge in [0.15, 0.2) is 0 Å². The molecule has 1 heterocycles. The molecule has 2 aromatic carbocycles. The second-order valence-electron chi connectivity index (χ2n) is 5.71. The van der Waals surface area contributed by atoms with Crippen molar-refractivity contribution in [2.75, 3.05) is 6.61 Å². The van der Waals surface area contributed by atoms with E-state index in [1.807, 2.05) is 37.3 Å². The molecule has 0 aliphatic heterocycles. The van der Waals surface area contributed by atoms with Gasteiger partial charge in [0.25, 0.3) is 10.0 Å². The maximum Gasteiger partial charge on any atom is 0.276 e. The van der Waals surface area contributed by atoms with Crippen molar-refractivity contribution in [1.82, 2.24) is 14.6 Å². The van der Waals surface area contributed by atoms with E-state index in [-0.39, 0.29) is 4.90 Å². The van der Waals surface area contributed by atoms with Crippen LogP contribution in [0.25, 0.3) is 0 Å². The Kier molecular flexibility index (Phi) is 5.87. The van der Waals surface area contributed by atoms with Gasteiger partial charge in [-0.05, 0) is 36.8 Å². The molecular formula is C19H20N4O3S. The molecule has 3 aromatic rings. The normalized spacial score (nSPS) is 11.6. The number of nitrogens with zero attached hydrogens (tertiary/aromatic N) is 3. The van der Waals surface area contributed by atoms with Crippen molar-refractivity contribution >= 4 is 16.2 Å². The number of hydrogen-bond donors (Lipinski definition) is 1. The highest BCUT2D eigenvalue weighted by Crippen LogP contribution is 2.15. The third-order valence-electron chi connectivity index (χ3n) is 3.67. The zero-order chi connectivity index (χ0) is 19.1. The Bertz CT molecular complexity index is 997. The molecule has 0 saturated heterocycles. The maximum absolute atomic E-state index is 12.3. The lowest BCUT2D eigenvalue weighted by Gasteiger charge is -2.05. The van der Waals surface area contributed by atoms with Crippen LogP contribution in [0.2, 0.25) is 0 Å². The highest BCUT2D eigenvalue weighted by Gasteiger charge is 2.12. The Morgan fingerprint density at radius 3 is 2.59 bits per heavy atom.